The first kappa shape index (κ1) is 18.7. The Bertz CT molecular complexity index is 798. The lowest BCUT2D eigenvalue weighted by Gasteiger charge is -2.44. The Morgan fingerprint density at radius 2 is 2.11 bits per heavy atom. The molecule has 8 heteroatoms. The van der Waals surface area contributed by atoms with E-state index >= 15 is 0 Å². The highest BCUT2D eigenvalue weighted by Crippen LogP contribution is 2.36. The average molecular weight is 407 g/mol. The lowest BCUT2D eigenvalue weighted by Crippen LogP contribution is -2.50. The second-order valence-electron chi connectivity index (χ2n) is 7.14. The molecule has 1 saturated heterocycles. The number of hydrogen-bond acceptors (Lipinski definition) is 6. The van der Waals surface area contributed by atoms with Gasteiger partial charge in [-0.3, -0.25) is 4.79 Å². The maximum Gasteiger partial charge on any atom is 0.233 e. The standard InChI is InChI=1S/C19H23FN4OS2/c20-14-7-3-8-15(11-14)21-18-22-23-19(27-18)26-12-17(25)24-10-4-6-13-5-1-2-9-16(13)24/h3,7-8,11,13,16H,1-2,4-6,9-10,12H2,(H,21,22)/t13-,16+/m1/s1. The summed E-state index contributed by atoms with van der Waals surface area (Å²) in [6.45, 7) is 0.892. The Hall–Kier alpha value is -1.67. The predicted molar refractivity (Wildman–Crippen MR) is 107 cm³/mol. The minimum Gasteiger partial charge on any atom is -0.339 e. The van der Waals surface area contributed by atoms with Gasteiger partial charge in [0.15, 0.2) is 4.34 Å². The maximum absolute atomic E-state index is 13.3. The van der Waals surface area contributed by atoms with E-state index in [1.54, 1.807) is 12.1 Å². The average Bonchev–Trinajstić information content (AvgIpc) is 3.13. The van der Waals surface area contributed by atoms with Crippen molar-refractivity contribution < 1.29 is 9.18 Å². The molecule has 2 fully saturated rings. The number of carbonyl (C=O) groups excluding carboxylic acids is 1. The van der Waals surface area contributed by atoms with Crippen LogP contribution in [0.25, 0.3) is 0 Å². The third-order valence-corrected chi connectivity index (χ3v) is 7.32. The van der Waals surface area contributed by atoms with Crippen molar-refractivity contribution >= 4 is 39.8 Å². The SMILES string of the molecule is O=C(CSc1nnc(Nc2cccc(F)c2)s1)N1CCC[C@H]2CCCC[C@@H]21. The van der Waals surface area contributed by atoms with Crippen LogP contribution >= 0.6 is 23.1 Å². The second kappa shape index (κ2) is 8.56. The molecular formula is C19H23FN4OS2. The Kier molecular flexibility index (Phi) is 5.92. The molecule has 1 N–H and O–H groups in total. The van der Waals surface area contributed by atoms with Gasteiger partial charge in [0.2, 0.25) is 11.0 Å². The van der Waals surface area contributed by atoms with Crippen LogP contribution in [-0.4, -0.2) is 39.3 Å². The molecule has 4 rings (SSSR count). The Labute approximate surface area is 166 Å². The molecule has 0 bridgehead atoms. The highest BCUT2D eigenvalue weighted by molar-refractivity contribution is 8.01. The molecule has 0 radical (unpaired) electrons. The van der Waals surface area contributed by atoms with Gasteiger partial charge >= 0.3 is 0 Å². The van der Waals surface area contributed by atoms with E-state index in [9.17, 15) is 9.18 Å². The molecule has 1 amide bonds. The number of amides is 1. The lowest BCUT2D eigenvalue weighted by atomic mass is 9.78. The third-order valence-electron chi connectivity index (χ3n) is 5.37. The van der Waals surface area contributed by atoms with Gasteiger partial charge in [-0.1, -0.05) is 42.0 Å². The predicted octanol–water partition coefficient (Wildman–Crippen LogP) is 4.69. The molecule has 5 nitrogen and oxygen atoms in total. The van der Waals surface area contributed by atoms with E-state index in [-0.39, 0.29) is 11.7 Å². The van der Waals surface area contributed by atoms with Crippen molar-refractivity contribution in [1.82, 2.24) is 15.1 Å². The second-order valence-corrected chi connectivity index (χ2v) is 9.34. The van der Waals surface area contributed by atoms with Crippen LogP contribution < -0.4 is 5.32 Å². The maximum atomic E-state index is 13.3. The number of thioether (sulfide) groups is 1. The van der Waals surface area contributed by atoms with Crippen LogP contribution in [0.15, 0.2) is 28.6 Å². The number of anilines is 2. The van der Waals surface area contributed by atoms with E-state index in [2.05, 4.69) is 20.4 Å². The fourth-order valence-electron chi connectivity index (χ4n) is 4.15. The number of likely N-dealkylation sites (tertiary alicyclic amines) is 1. The number of benzene rings is 1. The van der Waals surface area contributed by atoms with E-state index in [4.69, 9.17) is 0 Å². The fraction of sp³-hybridized carbons (Fsp3) is 0.526. The molecule has 1 aliphatic carbocycles. The van der Waals surface area contributed by atoms with Gasteiger partial charge in [0.25, 0.3) is 0 Å². The number of halogens is 1. The molecular weight excluding hydrogens is 383 g/mol. The molecule has 2 heterocycles. The van der Waals surface area contributed by atoms with Gasteiger partial charge in [0.1, 0.15) is 5.82 Å². The van der Waals surface area contributed by atoms with Gasteiger partial charge in [0, 0.05) is 18.3 Å². The molecule has 1 saturated carbocycles. The van der Waals surface area contributed by atoms with Crippen LogP contribution in [0.4, 0.5) is 15.2 Å². The minimum atomic E-state index is -0.299. The van der Waals surface area contributed by atoms with Crippen molar-refractivity contribution in [3.63, 3.8) is 0 Å². The van der Waals surface area contributed by atoms with Gasteiger partial charge in [-0.2, -0.15) is 0 Å². The van der Waals surface area contributed by atoms with Gasteiger partial charge in [-0.25, -0.2) is 4.39 Å². The molecule has 2 atom stereocenters. The highest BCUT2D eigenvalue weighted by atomic mass is 32.2. The van der Waals surface area contributed by atoms with E-state index in [1.165, 1.54) is 60.9 Å². The minimum absolute atomic E-state index is 0.214. The molecule has 2 aromatic rings. The normalized spacial score (nSPS) is 22.3. The van der Waals surface area contributed by atoms with Crippen LogP contribution in [0.1, 0.15) is 38.5 Å². The van der Waals surface area contributed by atoms with E-state index in [0.29, 0.717) is 28.5 Å². The first-order valence-electron chi connectivity index (χ1n) is 9.47. The summed E-state index contributed by atoms with van der Waals surface area (Å²) in [5, 5.41) is 11.9. The fourth-order valence-corrected chi connectivity index (χ4v) is 5.81. The molecule has 0 unspecified atom stereocenters. The van der Waals surface area contributed by atoms with Crippen LogP contribution in [-0.2, 0) is 4.79 Å². The number of carbonyl (C=O) groups is 1. The topological polar surface area (TPSA) is 58.1 Å². The van der Waals surface area contributed by atoms with Crippen molar-refractivity contribution in [3.8, 4) is 0 Å². The van der Waals surface area contributed by atoms with Crippen molar-refractivity contribution in [2.24, 2.45) is 5.92 Å². The molecule has 0 spiro atoms. The molecule has 27 heavy (non-hydrogen) atoms. The lowest BCUT2D eigenvalue weighted by molar-refractivity contribution is -0.134. The zero-order valence-electron chi connectivity index (χ0n) is 15.1. The van der Waals surface area contributed by atoms with E-state index in [0.717, 1.165) is 23.7 Å². The third kappa shape index (κ3) is 4.60. The number of hydrogen-bond donors (Lipinski definition) is 1. The Morgan fingerprint density at radius 1 is 1.26 bits per heavy atom. The summed E-state index contributed by atoms with van der Waals surface area (Å²) in [7, 11) is 0. The molecule has 1 aromatic heterocycles. The van der Waals surface area contributed by atoms with Gasteiger partial charge < -0.3 is 10.2 Å². The summed E-state index contributed by atoms with van der Waals surface area (Å²) in [6.07, 6.45) is 7.37. The van der Waals surface area contributed by atoms with Crippen LogP contribution in [0.2, 0.25) is 0 Å². The van der Waals surface area contributed by atoms with Gasteiger partial charge in [0.05, 0.1) is 5.75 Å². The van der Waals surface area contributed by atoms with E-state index in [1.807, 2.05) is 0 Å². The van der Waals surface area contributed by atoms with Crippen molar-refractivity contribution in [2.45, 2.75) is 48.9 Å². The summed E-state index contributed by atoms with van der Waals surface area (Å²) < 4.78 is 14.0. The molecule has 144 valence electrons. The van der Waals surface area contributed by atoms with Crippen LogP contribution in [0.5, 0.6) is 0 Å². The Morgan fingerprint density at radius 3 is 3.00 bits per heavy atom. The number of aromatic nitrogens is 2. The zero-order chi connectivity index (χ0) is 18.6. The molecule has 2 aliphatic rings. The van der Waals surface area contributed by atoms with E-state index < -0.39 is 0 Å². The molecule has 1 aromatic carbocycles. The monoisotopic (exact) mass is 406 g/mol. The van der Waals surface area contributed by atoms with Gasteiger partial charge in [-0.15, -0.1) is 10.2 Å². The quantitative estimate of drug-likeness (QED) is 0.730. The first-order chi connectivity index (χ1) is 13.2. The summed E-state index contributed by atoms with van der Waals surface area (Å²) >= 11 is 2.82. The van der Waals surface area contributed by atoms with Crippen LogP contribution in [0.3, 0.4) is 0 Å². The zero-order valence-corrected chi connectivity index (χ0v) is 16.7. The number of piperidine rings is 1. The smallest absolute Gasteiger partial charge is 0.233 e. The summed E-state index contributed by atoms with van der Waals surface area (Å²) in [4.78, 5) is 14.9. The number of nitrogens with zero attached hydrogens (tertiary/aromatic N) is 3. The summed E-state index contributed by atoms with van der Waals surface area (Å²) in [5.41, 5.74) is 0.635. The van der Waals surface area contributed by atoms with Crippen LogP contribution in [0, 0.1) is 11.7 Å². The highest BCUT2D eigenvalue weighted by Gasteiger charge is 2.35. The number of nitrogens with one attached hydrogen (secondary N) is 1. The van der Waals surface area contributed by atoms with Crippen molar-refractivity contribution in [1.29, 1.82) is 0 Å². The van der Waals surface area contributed by atoms with Crippen molar-refractivity contribution in [2.75, 3.05) is 17.6 Å². The first-order valence-corrected chi connectivity index (χ1v) is 11.3. The van der Waals surface area contributed by atoms with Gasteiger partial charge in [-0.05, 0) is 49.8 Å². The summed E-state index contributed by atoms with van der Waals surface area (Å²) in [5.74, 6) is 1.02. The largest absolute Gasteiger partial charge is 0.339 e. The Balaban J connectivity index is 1.32. The van der Waals surface area contributed by atoms with Crippen molar-refractivity contribution in [3.05, 3.63) is 30.1 Å². The number of rotatable bonds is 5. The number of fused-ring (bicyclic) bond motifs is 1. The molecule has 1 aliphatic heterocycles. The summed E-state index contributed by atoms with van der Waals surface area (Å²) in [6, 6.07) is 6.67.